The molecule has 0 radical (unpaired) electrons. The van der Waals surface area contributed by atoms with Gasteiger partial charge in [0, 0.05) is 13.0 Å². The van der Waals surface area contributed by atoms with Crippen LogP contribution < -0.4 is 10.6 Å². The van der Waals surface area contributed by atoms with Crippen molar-refractivity contribution in [3.63, 3.8) is 0 Å². The van der Waals surface area contributed by atoms with E-state index < -0.39 is 53.4 Å². The van der Waals surface area contributed by atoms with Crippen LogP contribution in [0.4, 0.5) is 9.59 Å². The van der Waals surface area contributed by atoms with E-state index in [9.17, 15) is 24.0 Å². The molecule has 0 saturated heterocycles. The zero-order chi connectivity index (χ0) is 31.2. The van der Waals surface area contributed by atoms with Crippen molar-refractivity contribution in [2.75, 3.05) is 20.8 Å². The van der Waals surface area contributed by atoms with Crippen LogP contribution in [-0.4, -0.2) is 62.3 Å². The normalized spacial score (nSPS) is 11.9. The van der Waals surface area contributed by atoms with Crippen LogP contribution in [0.5, 0.6) is 0 Å². The van der Waals surface area contributed by atoms with E-state index in [0.717, 1.165) is 19.8 Å². The van der Waals surface area contributed by atoms with Crippen LogP contribution in [0.1, 0.15) is 51.2 Å². The summed E-state index contributed by atoms with van der Waals surface area (Å²) in [6.07, 6.45) is -1.92. The third kappa shape index (κ3) is 10.9. The molecule has 11 heteroatoms. The van der Waals surface area contributed by atoms with Gasteiger partial charge in [0.05, 0.1) is 20.3 Å². The Morgan fingerprint density at radius 1 is 0.786 bits per heavy atom. The lowest BCUT2D eigenvalue weighted by Crippen LogP contribution is -2.50. The van der Waals surface area contributed by atoms with Crippen molar-refractivity contribution in [1.29, 1.82) is 0 Å². The van der Waals surface area contributed by atoms with Gasteiger partial charge in [0.1, 0.15) is 12.2 Å². The van der Waals surface area contributed by atoms with Gasteiger partial charge in [-0.2, -0.15) is 0 Å². The van der Waals surface area contributed by atoms with E-state index in [4.69, 9.17) is 18.9 Å². The van der Waals surface area contributed by atoms with Gasteiger partial charge in [0.15, 0.2) is 11.2 Å². The number of hydrogen-bond acceptors (Lipinski definition) is 9. The molecule has 228 valence electrons. The molecule has 0 heterocycles. The Kier molecular flexibility index (Phi) is 13.0. The van der Waals surface area contributed by atoms with Gasteiger partial charge >= 0.3 is 24.1 Å². The molecule has 0 saturated carbocycles. The molecule has 0 aromatic heterocycles. The van der Waals surface area contributed by atoms with E-state index in [-0.39, 0.29) is 32.4 Å². The minimum Gasteiger partial charge on any atom is -0.468 e. The third-order valence-corrected chi connectivity index (χ3v) is 6.21. The maximum Gasteiger partial charge on any atom is 0.408 e. The molecule has 0 fully saturated rings. The molecule has 1 unspecified atom stereocenters. The zero-order valence-corrected chi connectivity index (χ0v) is 24.8. The van der Waals surface area contributed by atoms with Crippen LogP contribution in [0, 0.1) is 5.41 Å². The quantitative estimate of drug-likeness (QED) is 0.145. The molecule has 0 bridgehead atoms. The standard InChI is InChI=1S/C31H40N2O9/c1-30(2,3)42-29(38)33-24(17-12-18-32-28(37)41-21-23-15-10-7-11-16-23)25(34)20-31(26(35)39-4,27(36)40-5)19-22-13-8-6-9-14-22/h6-11,13-16,24H,12,17-21H2,1-5H3,(H,32,37)(H,33,38). The van der Waals surface area contributed by atoms with Crippen LogP contribution in [0.15, 0.2) is 60.7 Å². The maximum atomic E-state index is 13.7. The molecule has 2 rings (SSSR count). The Labute approximate surface area is 246 Å². The largest absolute Gasteiger partial charge is 0.468 e. The van der Waals surface area contributed by atoms with E-state index in [1.165, 1.54) is 0 Å². The molecule has 0 spiro atoms. The van der Waals surface area contributed by atoms with Crippen molar-refractivity contribution in [2.45, 2.75) is 64.7 Å². The van der Waals surface area contributed by atoms with E-state index in [2.05, 4.69) is 10.6 Å². The number of carbonyl (C=O) groups excluding carboxylic acids is 5. The zero-order valence-electron chi connectivity index (χ0n) is 24.8. The molecule has 2 aromatic rings. The summed E-state index contributed by atoms with van der Waals surface area (Å²) >= 11 is 0. The number of ketones is 1. The first kappa shape index (κ1) is 33.8. The van der Waals surface area contributed by atoms with Crippen LogP contribution in [0.3, 0.4) is 0 Å². The number of ether oxygens (including phenoxy) is 4. The Balaban J connectivity index is 2.17. The molecule has 2 aromatic carbocycles. The molecule has 42 heavy (non-hydrogen) atoms. The second-order valence-corrected chi connectivity index (χ2v) is 10.7. The number of Topliss-reactive ketones (excluding diaryl/α,β-unsaturated/α-hetero) is 1. The lowest BCUT2D eigenvalue weighted by molar-refractivity contribution is -0.171. The van der Waals surface area contributed by atoms with Gasteiger partial charge in [-0.05, 0) is 51.2 Å². The highest BCUT2D eigenvalue weighted by Gasteiger charge is 2.51. The second kappa shape index (κ2) is 16.1. The topological polar surface area (TPSA) is 146 Å². The fourth-order valence-corrected chi connectivity index (χ4v) is 4.22. The Hall–Kier alpha value is -4.41. The van der Waals surface area contributed by atoms with Gasteiger partial charge in [-0.25, -0.2) is 9.59 Å². The summed E-state index contributed by atoms with van der Waals surface area (Å²) in [5.74, 6) is -2.49. The van der Waals surface area contributed by atoms with Crippen molar-refractivity contribution >= 4 is 29.9 Å². The van der Waals surface area contributed by atoms with Gasteiger partial charge in [-0.1, -0.05) is 60.7 Å². The van der Waals surface area contributed by atoms with E-state index in [1.807, 2.05) is 30.3 Å². The first-order chi connectivity index (χ1) is 19.9. The number of methoxy groups -OCH3 is 2. The monoisotopic (exact) mass is 584 g/mol. The van der Waals surface area contributed by atoms with Crippen molar-refractivity contribution in [2.24, 2.45) is 5.41 Å². The molecule has 0 aliphatic rings. The second-order valence-electron chi connectivity index (χ2n) is 10.7. The van der Waals surface area contributed by atoms with Crippen molar-refractivity contribution in [1.82, 2.24) is 10.6 Å². The molecule has 0 aliphatic carbocycles. The van der Waals surface area contributed by atoms with Gasteiger partial charge in [-0.3, -0.25) is 14.4 Å². The minimum absolute atomic E-state index is 0.0702. The highest BCUT2D eigenvalue weighted by atomic mass is 16.6. The van der Waals surface area contributed by atoms with Crippen molar-refractivity contribution < 1.29 is 42.9 Å². The molecular formula is C31H40N2O9. The summed E-state index contributed by atoms with van der Waals surface area (Å²) < 4.78 is 20.4. The molecule has 1 atom stereocenters. The predicted molar refractivity (Wildman–Crippen MR) is 153 cm³/mol. The van der Waals surface area contributed by atoms with Crippen LogP contribution in [0.2, 0.25) is 0 Å². The number of rotatable bonds is 14. The van der Waals surface area contributed by atoms with Gasteiger partial charge < -0.3 is 29.6 Å². The number of hydrogen-bond donors (Lipinski definition) is 2. The summed E-state index contributed by atoms with van der Waals surface area (Å²) in [7, 11) is 2.24. The van der Waals surface area contributed by atoms with E-state index in [0.29, 0.717) is 5.56 Å². The van der Waals surface area contributed by atoms with Crippen molar-refractivity contribution in [3.05, 3.63) is 71.8 Å². The van der Waals surface area contributed by atoms with Gasteiger partial charge in [0.2, 0.25) is 0 Å². The van der Waals surface area contributed by atoms with Gasteiger partial charge in [-0.15, -0.1) is 0 Å². The number of benzene rings is 2. The fraction of sp³-hybridized carbons (Fsp3) is 0.452. The van der Waals surface area contributed by atoms with Crippen LogP contribution >= 0.6 is 0 Å². The molecule has 11 nitrogen and oxygen atoms in total. The highest BCUT2D eigenvalue weighted by Crippen LogP contribution is 2.32. The molecule has 0 aliphatic heterocycles. The number of nitrogens with one attached hydrogen (secondary N) is 2. The van der Waals surface area contributed by atoms with E-state index >= 15 is 0 Å². The summed E-state index contributed by atoms with van der Waals surface area (Å²) in [5, 5.41) is 5.16. The Morgan fingerprint density at radius 3 is 1.86 bits per heavy atom. The van der Waals surface area contributed by atoms with Crippen molar-refractivity contribution in [3.8, 4) is 0 Å². The number of alkyl carbamates (subject to hydrolysis) is 2. The minimum atomic E-state index is -1.99. The van der Waals surface area contributed by atoms with Gasteiger partial charge in [0.25, 0.3) is 0 Å². The lowest BCUT2D eigenvalue weighted by Gasteiger charge is -2.30. The first-order valence-electron chi connectivity index (χ1n) is 13.6. The van der Waals surface area contributed by atoms with Crippen LogP contribution in [0.25, 0.3) is 0 Å². The van der Waals surface area contributed by atoms with E-state index in [1.54, 1.807) is 51.1 Å². The Bertz CT molecular complexity index is 1180. The summed E-state index contributed by atoms with van der Waals surface area (Å²) in [5.41, 5.74) is -1.39. The molecule has 2 amide bonds. The number of carbonyl (C=O) groups is 5. The lowest BCUT2D eigenvalue weighted by atomic mass is 9.76. The predicted octanol–water partition coefficient (Wildman–Crippen LogP) is 4.12. The smallest absolute Gasteiger partial charge is 0.408 e. The molecule has 2 N–H and O–H groups in total. The highest BCUT2D eigenvalue weighted by molar-refractivity contribution is 6.05. The summed E-state index contributed by atoms with van der Waals surface area (Å²) in [4.78, 5) is 64.5. The third-order valence-electron chi connectivity index (χ3n) is 6.21. The SMILES string of the molecule is COC(=O)C(CC(=O)C(CCCNC(=O)OCc1ccccc1)NC(=O)OC(C)(C)C)(Cc1ccccc1)C(=O)OC. The number of esters is 2. The molecular weight excluding hydrogens is 544 g/mol. The number of amides is 2. The fourth-order valence-electron chi connectivity index (χ4n) is 4.22. The average molecular weight is 585 g/mol. The van der Waals surface area contributed by atoms with Crippen LogP contribution in [-0.2, 0) is 46.4 Å². The first-order valence-corrected chi connectivity index (χ1v) is 13.6. The summed E-state index contributed by atoms with van der Waals surface area (Å²) in [6.45, 7) is 5.25. The summed E-state index contributed by atoms with van der Waals surface area (Å²) in [6, 6.07) is 16.7. The Morgan fingerprint density at radius 2 is 1.33 bits per heavy atom. The maximum absolute atomic E-state index is 13.7. The average Bonchev–Trinajstić information content (AvgIpc) is 2.96.